The maximum atomic E-state index is 11.3. The molecule has 1 heterocycles. The van der Waals surface area contributed by atoms with Crippen LogP contribution in [0, 0.1) is 5.41 Å². The van der Waals surface area contributed by atoms with Gasteiger partial charge in [-0.2, -0.15) is 12.6 Å². The summed E-state index contributed by atoms with van der Waals surface area (Å²) in [6.07, 6.45) is 7.12. The van der Waals surface area contributed by atoms with Gasteiger partial charge in [-0.1, -0.05) is 0 Å². The van der Waals surface area contributed by atoms with Gasteiger partial charge >= 0.3 is 0 Å². The van der Waals surface area contributed by atoms with Crippen LogP contribution in [0.15, 0.2) is 23.4 Å². The zero-order valence-corrected chi connectivity index (χ0v) is 8.20. The lowest BCUT2D eigenvalue weighted by molar-refractivity contribution is 0.462. The molecule has 0 spiro atoms. The molecule has 13 heavy (non-hydrogen) atoms. The highest BCUT2D eigenvalue weighted by molar-refractivity contribution is 7.80. The molecule has 0 amide bonds. The first-order valence-corrected chi connectivity index (χ1v) is 5.00. The number of hydrogen-bond donors (Lipinski definition) is 1. The molecule has 1 aliphatic rings. The van der Waals surface area contributed by atoms with E-state index in [2.05, 4.69) is 17.6 Å². The summed E-state index contributed by atoms with van der Waals surface area (Å²) in [5, 5.41) is 0. The van der Waals surface area contributed by atoms with Gasteiger partial charge in [-0.05, 0) is 24.0 Å². The van der Waals surface area contributed by atoms with E-state index in [1.165, 1.54) is 19.0 Å². The summed E-state index contributed by atoms with van der Waals surface area (Å²) in [5.41, 5.74) is 0.268. The molecule has 2 rings (SSSR count). The standard InChI is InChI=1S/C9H12N2OS/c12-8-5-10-3-4-11(8)6-9(7-13)1-2-9/h3-5,13H,1-2,6-7H2. The van der Waals surface area contributed by atoms with E-state index in [0.29, 0.717) is 0 Å². The minimum absolute atomic E-state index is 0.0180. The number of nitrogens with zero attached hydrogens (tertiary/aromatic N) is 2. The molecule has 0 atom stereocenters. The molecule has 0 N–H and O–H groups in total. The van der Waals surface area contributed by atoms with Crippen molar-refractivity contribution in [2.45, 2.75) is 19.4 Å². The van der Waals surface area contributed by atoms with Gasteiger partial charge < -0.3 is 4.57 Å². The number of hydrogen-bond acceptors (Lipinski definition) is 3. The van der Waals surface area contributed by atoms with Crippen molar-refractivity contribution in [1.29, 1.82) is 0 Å². The average molecular weight is 196 g/mol. The van der Waals surface area contributed by atoms with Gasteiger partial charge in [0.15, 0.2) is 0 Å². The Morgan fingerprint density at radius 3 is 2.92 bits per heavy atom. The van der Waals surface area contributed by atoms with E-state index in [1.807, 2.05) is 0 Å². The molecule has 0 aromatic carbocycles. The van der Waals surface area contributed by atoms with Crippen LogP contribution in [-0.2, 0) is 6.54 Å². The van der Waals surface area contributed by atoms with Crippen molar-refractivity contribution < 1.29 is 0 Å². The molecule has 1 fully saturated rings. The average Bonchev–Trinajstić information content (AvgIpc) is 2.90. The van der Waals surface area contributed by atoms with Crippen LogP contribution in [0.3, 0.4) is 0 Å². The van der Waals surface area contributed by atoms with Crippen molar-refractivity contribution in [2.24, 2.45) is 5.41 Å². The first kappa shape index (κ1) is 8.81. The predicted molar refractivity (Wildman–Crippen MR) is 54.0 cm³/mol. The van der Waals surface area contributed by atoms with Crippen LogP contribution >= 0.6 is 12.6 Å². The third kappa shape index (κ3) is 1.77. The van der Waals surface area contributed by atoms with Gasteiger partial charge in [0.25, 0.3) is 5.56 Å². The summed E-state index contributed by atoms with van der Waals surface area (Å²) in [6, 6.07) is 0. The molecule has 1 aromatic rings. The summed E-state index contributed by atoms with van der Waals surface area (Å²) in [6.45, 7) is 0.790. The van der Waals surface area contributed by atoms with Crippen molar-refractivity contribution in [1.82, 2.24) is 9.55 Å². The van der Waals surface area contributed by atoms with Crippen LogP contribution in [0.1, 0.15) is 12.8 Å². The number of thiol groups is 1. The second-order valence-electron chi connectivity index (χ2n) is 3.70. The molecule has 0 saturated heterocycles. The van der Waals surface area contributed by atoms with Crippen LogP contribution in [0.25, 0.3) is 0 Å². The fourth-order valence-electron chi connectivity index (χ4n) is 1.41. The van der Waals surface area contributed by atoms with E-state index in [9.17, 15) is 4.79 Å². The first-order valence-electron chi connectivity index (χ1n) is 4.37. The highest BCUT2D eigenvalue weighted by Gasteiger charge is 2.41. The van der Waals surface area contributed by atoms with E-state index in [4.69, 9.17) is 0 Å². The summed E-state index contributed by atoms with van der Waals surface area (Å²) in [5.74, 6) is 0.863. The van der Waals surface area contributed by atoms with Gasteiger partial charge in [0.05, 0.1) is 6.20 Å². The van der Waals surface area contributed by atoms with Gasteiger partial charge in [-0.15, -0.1) is 0 Å². The number of rotatable bonds is 3. The zero-order valence-electron chi connectivity index (χ0n) is 7.31. The molecule has 0 aliphatic heterocycles. The molecule has 0 radical (unpaired) electrons. The maximum Gasteiger partial charge on any atom is 0.269 e. The lowest BCUT2D eigenvalue weighted by Gasteiger charge is -2.12. The largest absolute Gasteiger partial charge is 0.312 e. The Labute approximate surface area is 82.2 Å². The van der Waals surface area contributed by atoms with Crippen LogP contribution < -0.4 is 5.56 Å². The third-order valence-corrected chi connectivity index (χ3v) is 3.27. The van der Waals surface area contributed by atoms with E-state index in [0.717, 1.165) is 12.3 Å². The summed E-state index contributed by atoms with van der Waals surface area (Å²) < 4.78 is 1.72. The van der Waals surface area contributed by atoms with Gasteiger partial charge in [0.2, 0.25) is 0 Å². The fraction of sp³-hybridized carbons (Fsp3) is 0.556. The summed E-state index contributed by atoms with van der Waals surface area (Å²) in [4.78, 5) is 15.1. The minimum atomic E-state index is -0.0180. The number of aromatic nitrogens is 2. The van der Waals surface area contributed by atoms with Crippen molar-refractivity contribution >= 4 is 12.6 Å². The Bertz CT molecular complexity index is 357. The van der Waals surface area contributed by atoms with Gasteiger partial charge in [0, 0.05) is 18.9 Å². The Hall–Kier alpha value is -0.770. The molecule has 3 nitrogen and oxygen atoms in total. The summed E-state index contributed by atoms with van der Waals surface area (Å²) >= 11 is 4.30. The Morgan fingerprint density at radius 2 is 2.38 bits per heavy atom. The van der Waals surface area contributed by atoms with E-state index in [1.54, 1.807) is 17.0 Å². The molecule has 1 saturated carbocycles. The Balaban J connectivity index is 2.19. The van der Waals surface area contributed by atoms with Crippen molar-refractivity contribution in [3.05, 3.63) is 28.9 Å². The SMILES string of the molecule is O=c1cnccn1CC1(CS)CC1. The van der Waals surface area contributed by atoms with Crippen molar-refractivity contribution in [3.63, 3.8) is 0 Å². The Morgan fingerprint density at radius 1 is 1.62 bits per heavy atom. The molecule has 1 aromatic heterocycles. The van der Waals surface area contributed by atoms with Crippen LogP contribution in [0.4, 0.5) is 0 Å². The molecule has 4 heteroatoms. The van der Waals surface area contributed by atoms with Crippen molar-refractivity contribution in [2.75, 3.05) is 5.75 Å². The van der Waals surface area contributed by atoms with Gasteiger partial charge in [0.1, 0.15) is 0 Å². The molecule has 1 aliphatic carbocycles. The summed E-state index contributed by atoms with van der Waals surface area (Å²) in [7, 11) is 0. The highest BCUT2D eigenvalue weighted by Crippen LogP contribution is 2.47. The topological polar surface area (TPSA) is 34.9 Å². The highest BCUT2D eigenvalue weighted by atomic mass is 32.1. The molecule has 0 bridgehead atoms. The smallest absolute Gasteiger partial charge is 0.269 e. The van der Waals surface area contributed by atoms with E-state index in [-0.39, 0.29) is 11.0 Å². The van der Waals surface area contributed by atoms with Gasteiger partial charge in [-0.3, -0.25) is 9.78 Å². The normalized spacial score (nSPS) is 18.5. The molecular formula is C9H12N2OS. The molecular weight excluding hydrogens is 184 g/mol. The fourth-order valence-corrected chi connectivity index (χ4v) is 1.82. The second-order valence-corrected chi connectivity index (χ2v) is 4.02. The molecule has 70 valence electrons. The monoisotopic (exact) mass is 196 g/mol. The first-order chi connectivity index (χ1) is 6.26. The van der Waals surface area contributed by atoms with Crippen LogP contribution in [0.2, 0.25) is 0 Å². The van der Waals surface area contributed by atoms with E-state index >= 15 is 0 Å². The van der Waals surface area contributed by atoms with Crippen LogP contribution in [-0.4, -0.2) is 15.3 Å². The Kier molecular flexibility index (Phi) is 2.15. The quantitative estimate of drug-likeness (QED) is 0.731. The predicted octanol–water partition coefficient (Wildman–Crippen LogP) is 0.953. The third-order valence-electron chi connectivity index (χ3n) is 2.60. The minimum Gasteiger partial charge on any atom is -0.312 e. The second kappa shape index (κ2) is 3.18. The zero-order chi connectivity index (χ0) is 9.31. The maximum absolute atomic E-state index is 11.3. The van der Waals surface area contributed by atoms with E-state index < -0.39 is 0 Å². The van der Waals surface area contributed by atoms with Crippen LogP contribution in [0.5, 0.6) is 0 Å². The lowest BCUT2D eigenvalue weighted by Crippen LogP contribution is -2.24. The van der Waals surface area contributed by atoms with Gasteiger partial charge in [-0.25, -0.2) is 0 Å². The lowest BCUT2D eigenvalue weighted by atomic mass is 10.1. The van der Waals surface area contributed by atoms with Crippen molar-refractivity contribution in [3.8, 4) is 0 Å². The molecule has 0 unspecified atom stereocenters.